The summed E-state index contributed by atoms with van der Waals surface area (Å²) < 4.78 is 131. The van der Waals surface area contributed by atoms with E-state index in [1.165, 1.54) is 48.5 Å². The van der Waals surface area contributed by atoms with Crippen molar-refractivity contribution >= 4 is 0 Å². The van der Waals surface area contributed by atoms with Crippen LogP contribution >= 0.6 is 0 Å². The zero-order valence-electron chi connectivity index (χ0n) is 19.2. The summed E-state index contributed by atoms with van der Waals surface area (Å²) in [6.45, 7) is 0. The summed E-state index contributed by atoms with van der Waals surface area (Å²) in [7, 11) is 0. The number of ether oxygens (including phenoxy) is 2. The zero-order chi connectivity index (χ0) is 27.6. The Kier molecular flexibility index (Phi) is 7.10. The number of benzene rings is 4. The van der Waals surface area contributed by atoms with E-state index in [-0.39, 0.29) is 11.5 Å². The molecule has 0 atom stereocenters. The standard InChI is InChI=1S/C28H18F8O2/c29-25(30,21-15-7-9-17-23(21)37-19-11-3-1-4-12-19)27(33,34)28(35,36)26(31,32)22-16-8-10-18-24(22)38-20-13-5-2-6-14-20/h1-18H. The fourth-order valence-corrected chi connectivity index (χ4v) is 3.59. The van der Waals surface area contributed by atoms with Gasteiger partial charge < -0.3 is 9.47 Å². The first-order valence-corrected chi connectivity index (χ1v) is 11.1. The lowest BCUT2D eigenvalue weighted by molar-refractivity contribution is -0.375. The number of halogens is 8. The van der Waals surface area contributed by atoms with Gasteiger partial charge in [0.2, 0.25) is 0 Å². The summed E-state index contributed by atoms with van der Waals surface area (Å²) in [6, 6.07) is 20.7. The monoisotopic (exact) mass is 538 g/mol. The van der Waals surface area contributed by atoms with E-state index in [1.54, 1.807) is 12.1 Å². The highest BCUT2D eigenvalue weighted by Crippen LogP contribution is 2.61. The Balaban J connectivity index is 1.75. The maximum atomic E-state index is 15.2. The maximum absolute atomic E-state index is 15.2. The van der Waals surface area contributed by atoms with Crippen LogP contribution in [0.1, 0.15) is 11.1 Å². The molecule has 0 unspecified atom stereocenters. The van der Waals surface area contributed by atoms with E-state index in [1.807, 2.05) is 0 Å². The average Bonchev–Trinajstić information content (AvgIpc) is 2.90. The van der Waals surface area contributed by atoms with Gasteiger partial charge in [-0.05, 0) is 48.5 Å². The van der Waals surface area contributed by atoms with E-state index < -0.39 is 46.3 Å². The first-order valence-electron chi connectivity index (χ1n) is 11.1. The molecule has 0 spiro atoms. The van der Waals surface area contributed by atoms with Gasteiger partial charge in [-0.15, -0.1) is 0 Å². The van der Waals surface area contributed by atoms with Crippen LogP contribution in [0.25, 0.3) is 0 Å². The predicted octanol–water partition coefficient (Wildman–Crippen LogP) is 9.43. The first-order chi connectivity index (χ1) is 17.9. The van der Waals surface area contributed by atoms with Crippen LogP contribution in [0.15, 0.2) is 109 Å². The molecule has 38 heavy (non-hydrogen) atoms. The molecule has 10 heteroatoms. The second-order valence-corrected chi connectivity index (χ2v) is 8.12. The Bertz CT molecular complexity index is 1270. The summed E-state index contributed by atoms with van der Waals surface area (Å²) in [4.78, 5) is 0. The molecule has 0 saturated heterocycles. The van der Waals surface area contributed by atoms with Crippen LogP contribution in [0, 0.1) is 0 Å². The molecule has 0 amide bonds. The van der Waals surface area contributed by atoms with Gasteiger partial charge in [-0.1, -0.05) is 60.7 Å². The van der Waals surface area contributed by atoms with Gasteiger partial charge in [0.25, 0.3) is 0 Å². The summed E-state index contributed by atoms with van der Waals surface area (Å²) in [5, 5.41) is 0. The molecule has 0 aliphatic rings. The van der Waals surface area contributed by atoms with Crippen molar-refractivity contribution in [1.29, 1.82) is 0 Å². The van der Waals surface area contributed by atoms with E-state index in [0.29, 0.717) is 12.1 Å². The molecule has 198 valence electrons. The summed E-state index contributed by atoms with van der Waals surface area (Å²) in [6.07, 6.45) is 0. The van der Waals surface area contributed by atoms with Crippen LogP contribution in [0.2, 0.25) is 0 Å². The van der Waals surface area contributed by atoms with Crippen molar-refractivity contribution in [2.75, 3.05) is 0 Å². The molecule has 4 aromatic rings. The van der Waals surface area contributed by atoms with E-state index in [9.17, 15) is 0 Å². The van der Waals surface area contributed by atoms with Gasteiger partial charge in [-0.3, -0.25) is 0 Å². The average molecular weight is 538 g/mol. The van der Waals surface area contributed by atoms with E-state index in [4.69, 9.17) is 9.47 Å². The second-order valence-electron chi connectivity index (χ2n) is 8.12. The van der Waals surface area contributed by atoms with Crippen LogP contribution in [0.3, 0.4) is 0 Å². The van der Waals surface area contributed by atoms with Gasteiger partial charge in [-0.2, -0.15) is 35.1 Å². The van der Waals surface area contributed by atoms with Gasteiger partial charge >= 0.3 is 23.7 Å². The Morgan fingerprint density at radius 2 is 0.658 bits per heavy atom. The Morgan fingerprint density at radius 3 is 1.00 bits per heavy atom. The lowest BCUT2D eigenvalue weighted by atomic mass is 9.89. The molecule has 0 N–H and O–H groups in total. The lowest BCUT2D eigenvalue weighted by Gasteiger charge is -2.37. The Labute approximate surface area is 212 Å². The molecule has 0 fully saturated rings. The van der Waals surface area contributed by atoms with Crippen molar-refractivity contribution in [2.45, 2.75) is 23.7 Å². The Morgan fingerprint density at radius 1 is 0.368 bits per heavy atom. The van der Waals surface area contributed by atoms with Crippen LogP contribution in [0.5, 0.6) is 23.0 Å². The minimum atomic E-state index is -6.58. The number of hydrogen-bond acceptors (Lipinski definition) is 2. The topological polar surface area (TPSA) is 18.5 Å². The van der Waals surface area contributed by atoms with E-state index in [2.05, 4.69) is 0 Å². The number of hydrogen-bond donors (Lipinski definition) is 0. The highest BCUT2D eigenvalue weighted by atomic mass is 19.4. The van der Waals surface area contributed by atoms with Crippen molar-refractivity contribution in [3.63, 3.8) is 0 Å². The quantitative estimate of drug-likeness (QED) is 0.198. The molecule has 4 rings (SSSR count). The van der Waals surface area contributed by atoms with E-state index >= 15 is 35.1 Å². The molecule has 2 nitrogen and oxygen atoms in total. The van der Waals surface area contributed by atoms with Gasteiger partial charge in [0.05, 0.1) is 11.1 Å². The van der Waals surface area contributed by atoms with Gasteiger partial charge in [0.1, 0.15) is 23.0 Å². The molecule has 0 aromatic heterocycles. The molecule has 0 heterocycles. The minimum absolute atomic E-state index is 0.0665. The molecule has 0 saturated carbocycles. The Hall–Kier alpha value is -4.08. The normalized spacial score (nSPS) is 12.7. The van der Waals surface area contributed by atoms with Gasteiger partial charge in [0.15, 0.2) is 0 Å². The zero-order valence-corrected chi connectivity index (χ0v) is 19.2. The predicted molar refractivity (Wildman–Crippen MR) is 124 cm³/mol. The molecule has 0 aliphatic carbocycles. The maximum Gasteiger partial charge on any atom is 0.383 e. The molecule has 4 aromatic carbocycles. The first kappa shape index (κ1) is 27.0. The minimum Gasteiger partial charge on any atom is -0.457 e. The second kappa shape index (κ2) is 10.00. The van der Waals surface area contributed by atoms with E-state index in [0.717, 1.165) is 36.4 Å². The van der Waals surface area contributed by atoms with Crippen LogP contribution in [0.4, 0.5) is 35.1 Å². The third-order valence-electron chi connectivity index (χ3n) is 5.58. The van der Waals surface area contributed by atoms with Gasteiger partial charge in [-0.25, -0.2) is 0 Å². The lowest BCUT2D eigenvalue weighted by Crippen LogP contribution is -2.59. The van der Waals surface area contributed by atoms with Crippen LogP contribution in [-0.2, 0) is 11.8 Å². The number of alkyl halides is 8. The highest BCUT2D eigenvalue weighted by molar-refractivity contribution is 5.44. The van der Waals surface area contributed by atoms with Crippen LogP contribution in [-0.4, -0.2) is 11.8 Å². The van der Waals surface area contributed by atoms with Crippen LogP contribution < -0.4 is 9.47 Å². The molecule has 0 bridgehead atoms. The molecular weight excluding hydrogens is 520 g/mol. The molecular formula is C28H18F8O2. The van der Waals surface area contributed by atoms with Crippen molar-refractivity contribution in [1.82, 2.24) is 0 Å². The third-order valence-corrected chi connectivity index (χ3v) is 5.58. The summed E-state index contributed by atoms with van der Waals surface area (Å²) >= 11 is 0. The number of rotatable bonds is 9. The van der Waals surface area contributed by atoms with Crippen molar-refractivity contribution in [2.24, 2.45) is 0 Å². The smallest absolute Gasteiger partial charge is 0.383 e. The fraction of sp³-hybridized carbons (Fsp3) is 0.143. The van der Waals surface area contributed by atoms with Crippen molar-refractivity contribution in [3.8, 4) is 23.0 Å². The van der Waals surface area contributed by atoms with Gasteiger partial charge in [0, 0.05) is 0 Å². The van der Waals surface area contributed by atoms with Crippen molar-refractivity contribution in [3.05, 3.63) is 120 Å². The molecule has 0 aliphatic heterocycles. The summed E-state index contributed by atoms with van der Waals surface area (Å²) in [5.41, 5.74) is -3.39. The fourth-order valence-electron chi connectivity index (χ4n) is 3.59. The third kappa shape index (κ3) is 4.66. The van der Waals surface area contributed by atoms with Crippen molar-refractivity contribution < 1.29 is 44.6 Å². The SMILES string of the molecule is FC(F)(c1ccccc1Oc1ccccc1)C(F)(F)C(F)(F)C(F)(F)c1ccccc1Oc1ccccc1. The summed E-state index contributed by atoms with van der Waals surface area (Å²) in [5.74, 6) is -26.7. The molecule has 0 radical (unpaired) electrons. The highest BCUT2D eigenvalue weighted by Gasteiger charge is 2.81. The number of para-hydroxylation sites is 4. The largest absolute Gasteiger partial charge is 0.457 e.